The Kier molecular flexibility index (Phi) is 4.64. The predicted octanol–water partition coefficient (Wildman–Crippen LogP) is 1.84. The molecule has 0 spiro atoms. The summed E-state index contributed by atoms with van der Waals surface area (Å²) in [6.45, 7) is 5.16. The Balaban J connectivity index is 2.55. The topological polar surface area (TPSA) is 65.0 Å². The summed E-state index contributed by atoms with van der Waals surface area (Å²) in [5.41, 5.74) is 0.844. The fourth-order valence-electron chi connectivity index (χ4n) is 0.882. The number of carbonyl (C=O) groups excluding carboxylic acids is 1. The van der Waals surface area contributed by atoms with E-state index in [-0.39, 0.29) is 16.9 Å². The Morgan fingerprint density at radius 1 is 1.38 bits per heavy atom. The van der Waals surface area contributed by atoms with Gasteiger partial charge in [-0.2, -0.15) is 0 Å². The molecule has 0 N–H and O–H groups in total. The van der Waals surface area contributed by atoms with E-state index in [9.17, 15) is 4.79 Å². The van der Waals surface area contributed by atoms with E-state index < -0.39 is 5.97 Å². The molecule has 0 aliphatic carbocycles. The quantitative estimate of drug-likeness (QED) is 0.611. The molecule has 86 valence electrons. The average molecular weight is 262 g/mol. The van der Waals surface area contributed by atoms with Gasteiger partial charge in [-0.3, -0.25) is 0 Å². The molecule has 0 aromatic carbocycles. The maximum atomic E-state index is 11.1. The summed E-state index contributed by atoms with van der Waals surface area (Å²) in [4.78, 5) is 11.1. The number of carbonyl (C=O) groups is 1. The number of esters is 1. The van der Waals surface area contributed by atoms with Gasteiger partial charge in [0.05, 0.1) is 6.61 Å². The van der Waals surface area contributed by atoms with Crippen LogP contribution in [-0.2, 0) is 16.0 Å². The highest BCUT2D eigenvalue weighted by Gasteiger charge is 2.10. The van der Waals surface area contributed by atoms with E-state index in [0.29, 0.717) is 17.6 Å². The van der Waals surface area contributed by atoms with Crippen molar-refractivity contribution < 1.29 is 9.53 Å². The van der Waals surface area contributed by atoms with E-state index in [0.717, 1.165) is 0 Å². The summed E-state index contributed by atoms with van der Waals surface area (Å²) in [6.07, 6.45) is 0.333. The fraction of sp³-hybridized carbons (Fsp3) is 0.333. The zero-order chi connectivity index (χ0) is 12.1. The van der Waals surface area contributed by atoms with Crippen molar-refractivity contribution >= 4 is 29.2 Å². The van der Waals surface area contributed by atoms with Crippen LogP contribution in [0.4, 0.5) is 0 Å². The smallest absolute Gasteiger partial charge is 0.333 e. The first-order valence-electron chi connectivity index (χ1n) is 4.38. The highest BCUT2D eigenvalue weighted by Crippen LogP contribution is 2.19. The Labute approximate surface area is 102 Å². The van der Waals surface area contributed by atoms with Gasteiger partial charge in [0.15, 0.2) is 10.3 Å². The van der Waals surface area contributed by atoms with Gasteiger partial charge in [-0.25, -0.2) is 4.79 Å². The average Bonchev–Trinajstić information content (AvgIpc) is 2.22. The molecule has 1 aromatic rings. The van der Waals surface area contributed by atoms with Gasteiger partial charge < -0.3 is 4.74 Å². The van der Waals surface area contributed by atoms with Crippen molar-refractivity contribution in [1.82, 2.24) is 15.4 Å². The van der Waals surface area contributed by atoms with Crippen LogP contribution in [-0.4, -0.2) is 28.0 Å². The number of rotatable bonds is 4. The predicted molar refractivity (Wildman–Crippen MR) is 59.3 cm³/mol. The van der Waals surface area contributed by atoms with Crippen molar-refractivity contribution in [1.29, 1.82) is 0 Å². The fourth-order valence-corrected chi connectivity index (χ4v) is 1.37. The minimum absolute atomic E-state index is 0.137. The van der Waals surface area contributed by atoms with Crippen LogP contribution in [0.3, 0.4) is 0 Å². The molecule has 0 unspecified atom stereocenters. The summed E-state index contributed by atoms with van der Waals surface area (Å²) >= 11 is 11.5. The normalized spacial score (nSPS) is 9.94. The Bertz CT molecular complexity index is 403. The van der Waals surface area contributed by atoms with E-state index in [1.807, 2.05) is 0 Å². The van der Waals surface area contributed by atoms with Gasteiger partial charge in [-0.1, -0.05) is 29.8 Å². The van der Waals surface area contributed by atoms with Crippen molar-refractivity contribution in [2.75, 3.05) is 6.61 Å². The summed E-state index contributed by atoms with van der Waals surface area (Å²) in [5, 5.41) is 10.7. The maximum Gasteiger partial charge on any atom is 0.333 e. The second-order valence-electron chi connectivity index (χ2n) is 3.02. The van der Waals surface area contributed by atoms with Gasteiger partial charge in [0.25, 0.3) is 0 Å². The van der Waals surface area contributed by atoms with Crippen LogP contribution in [0.5, 0.6) is 0 Å². The second-order valence-corrected chi connectivity index (χ2v) is 3.73. The molecular weight excluding hydrogens is 253 g/mol. The van der Waals surface area contributed by atoms with E-state index in [2.05, 4.69) is 22.0 Å². The lowest BCUT2D eigenvalue weighted by molar-refractivity contribution is -0.138. The minimum Gasteiger partial charge on any atom is -0.462 e. The SMILES string of the molecule is C=C(C)C(=O)OCCc1c(Cl)nnnc1Cl. The van der Waals surface area contributed by atoms with Crippen molar-refractivity contribution in [3.8, 4) is 0 Å². The first-order valence-corrected chi connectivity index (χ1v) is 5.14. The molecule has 1 rings (SSSR count). The number of ether oxygens (including phenoxy) is 1. The summed E-state index contributed by atoms with van der Waals surface area (Å²) in [5.74, 6) is -0.456. The standard InChI is InChI=1S/C9H9Cl2N3O2/c1-5(2)9(15)16-4-3-6-7(10)12-14-13-8(6)11/h1,3-4H2,2H3. The summed E-state index contributed by atoms with van der Waals surface area (Å²) in [7, 11) is 0. The van der Waals surface area contributed by atoms with Gasteiger partial charge in [-0.05, 0) is 12.1 Å². The molecule has 0 radical (unpaired) electrons. The molecule has 0 saturated heterocycles. The number of nitrogens with zero attached hydrogens (tertiary/aromatic N) is 3. The molecule has 7 heteroatoms. The van der Waals surface area contributed by atoms with E-state index >= 15 is 0 Å². The van der Waals surface area contributed by atoms with Gasteiger partial charge >= 0.3 is 5.97 Å². The molecule has 0 saturated carbocycles. The van der Waals surface area contributed by atoms with Crippen LogP contribution in [0.2, 0.25) is 10.3 Å². The monoisotopic (exact) mass is 261 g/mol. The molecule has 0 amide bonds. The summed E-state index contributed by atoms with van der Waals surface area (Å²) < 4.78 is 4.89. The maximum absolute atomic E-state index is 11.1. The second kappa shape index (κ2) is 5.77. The van der Waals surface area contributed by atoms with Crippen LogP contribution >= 0.6 is 23.2 Å². The Morgan fingerprint density at radius 3 is 2.44 bits per heavy atom. The lowest BCUT2D eigenvalue weighted by Crippen LogP contribution is -2.09. The molecule has 0 atom stereocenters. The highest BCUT2D eigenvalue weighted by molar-refractivity contribution is 6.34. The first kappa shape index (κ1) is 12.9. The summed E-state index contributed by atoms with van der Waals surface area (Å²) in [6, 6.07) is 0. The third-order valence-corrected chi connectivity index (χ3v) is 2.30. The van der Waals surface area contributed by atoms with Gasteiger partial charge in [0.2, 0.25) is 0 Å². The van der Waals surface area contributed by atoms with Crippen LogP contribution in [0, 0.1) is 0 Å². The van der Waals surface area contributed by atoms with Crippen molar-refractivity contribution in [3.05, 3.63) is 28.0 Å². The van der Waals surface area contributed by atoms with Gasteiger partial charge in [-0.15, -0.1) is 10.2 Å². The molecule has 0 fully saturated rings. The van der Waals surface area contributed by atoms with Gasteiger partial charge in [0.1, 0.15) is 0 Å². The highest BCUT2D eigenvalue weighted by atomic mass is 35.5. The third kappa shape index (κ3) is 3.43. The zero-order valence-electron chi connectivity index (χ0n) is 8.54. The Morgan fingerprint density at radius 2 is 1.94 bits per heavy atom. The van der Waals surface area contributed by atoms with E-state index in [1.165, 1.54) is 0 Å². The molecule has 16 heavy (non-hydrogen) atoms. The van der Waals surface area contributed by atoms with Crippen LogP contribution in [0.15, 0.2) is 12.2 Å². The molecule has 0 aliphatic rings. The van der Waals surface area contributed by atoms with Gasteiger partial charge in [0, 0.05) is 17.6 Å². The largest absolute Gasteiger partial charge is 0.462 e. The van der Waals surface area contributed by atoms with Crippen molar-refractivity contribution in [3.63, 3.8) is 0 Å². The minimum atomic E-state index is -0.456. The lowest BCUT2D eigenvalue weighted by atomic mass is 10.2. The number of halogens is 2. The lowest BCUT2D eigenvalue weighted by Gasteiger charge is -2.05. The number of hydrogen-bond donors (Lipinski definition) is 0. The number of hydrogen-bond acceptors (Lipinski definition) is 5. The van der Waals surface area contributed by atoms with Crippen LogP contribution < -0.4 is 0 Å². The Hall–Kier alpha value is -1.20. The van der Waals surface area contributed by atoms with Crippen molar-refractivity contribution in [2.24, 2.45) is 0 Å². The molecule has 1 aromatic heterocycles. The van der Waals surface area contributed by atoms with Crippen LogP contribution in [0.1, 0.15) is 12.5 Å². The third-order valence-electron chi connectivity index (χ3n) is 1.70. The molecular formula is C9H9Cl2N3O2. The first-order chi connectivity index (χ1) is 7.52. The zero-order valence-corrected chi connectivity index (χ0v) is 10.0. The van der Waals surface area contributed by atoms with Crippen LogP contribution in [0.25, 0.3) is 0 Å². The van der Waals surface area contributed by atoms with E-state index in [4.69, 9.17) is 27.9 Å². The number of aromatic nitrogens is 3. The molecule has 1 heterocycles. The molecule has 5 nitrogen and oxygen atoms in total. The molecule has 0 bridgehead atoms. The molecule has 0 aliphatic heterocycles. The van der Waals surface area contributed by atoms with Crippen molar-refractivity contribution in [2.45, 2.75) is 13.3 Å². The van der Waals surface area contributed by atoms with E-state index in [1.54, 1.807) is 6.92 Å².